The zero-order chi connectivity index (χ0) is 16.3. The third kappa shape index (κ3) is 1.92. The van der Waals surface area contributed by atoms with Gasteiger partial charge >= 0.3 is 5.97 Å². The Bertz CT molecular complexity index is 768. The van der Waals surface area contributed by atoms with Gasteiger partial charge in [-0.3, -0.25) is 9.59 Å². The van der Waals surface area contributed by atoms with Crippen LogP contribution in [0.15, 0.2) is 11.0 Å². The Morgan fingerprint density at radius 3 is 2.70 bits per heavy atom. The lowest BCUT2D eigenvalue weighted by molar-refractivity contribution is 0.0337. The number of nitrogens with zero attached hydrogens (tertiary/aromatic N) is 2. The van der Waals surface area contributed by atoms with Crippen molar-refractivity contribution in [3.05, 3.63) is 27.7 Å². The van der Waals surface area contributed by atoms with Crippen LogP contribution in [0.1, 0.15) is 46.5 Å². The van der Waals surface area contributed by atoms with Crippen LogP contribution in [-0.2, 0) is 6.54 Å². The smallest absolute Gasteiger partial charge is 0.341 e. The molecule has 4 rings (SSSR count). The third-order valence-electron chi connectivity index (χ3n) is 5.42. The molecule has 7 nitrogen and oxygen atoms in total. The Balaban J connectivity index is 1.89. The largest absolute Gasteiger partial charge is 0.491 e. The summed E-state index contributed by atoms with van der Waals surface area (Å²) in [7, 11) is 1.30. The van der Waals surface area contributed by atoms with E-state index >= 15 is 0 Å². The molecular formula is C16H18N2O5. The van der Waals surface area contributed by atoms with Crippen LogP contribution < -0.4 is 10.2 Å². The highest BCUT2D eigenvalue weighted by Crippen LogP contribution is 2.43. The van der Waals surface area contributed by atoms with Crippen LogP contribution in [0.5, 0.6) is 5.75 Å². The van der Waals surface area contributed by atoms with Gasteiger partial charge in [0.05, 0.1) is 13.2 Å². The number of carboxylic acid groups (broad SMARTS) is 1. The summed E-state index contributed by atoms with van der Waals surface area (Å²) in [6.45, 7) is 0.519. The van der Waals surface area contributed by atoms with Gasteiger partial charge in [0.15, 0.2) is 11.4 Å². The van der Waals surface area contributed by atoms with Crippen molar-refractivity contribution in [2.24, 2.45) is 5.92 Å². The number of methoxy groups -OCH3 is 1. The first-order valence-electron chi connectivity index (χ1n) is 7.88. The lowest BCUT2D eigenvalue weighted by atomic mass is 9.90. The fourth-order valence-electron chi connectivity index (χ4n) is 4.50. The van der Waals surface area contributed by atoms with Gasteiger partial charge in [0, 0.05) is 18.8 Å². The molecule has 1 saturated carbocycles. The molecule has 3 heterocycles. The molecule has 3 aliphatic rings. The van der Waals surface area contributed by atoms with Gasteiger partial charge in [-0.05, 0) is 31.6 Å². The fourth-order valence-corrected chi connectivity index (χ4v) is 4.50. The minimum atomic E-state index is -1.30. The molecule has 1 aromatic rings. The van der Waals surface area contributed by atoms with Gasteiger partial charge in [-0.2, -0.15) is 0 Å². The van der Waals surface area contributed by atoms with Crippen molar-refractivity contribution in [1.82, 2.24) is 9.47 Å². The SMILES string of the molecule is COc1c2n(cc(C(=O)O)c1=O)C[C@@H]1C[C@H]3CC[C@H](C3)N1C2=O. The summed E-state index contributed by atoms with van der Waals surface area (Å²) in [5.41, 5.74) is -0.908. The van der Waals surface area contributed by atoms with Crippen LogP contribution in [0.3, 0.4) is 0 Å². The van der Waals surface area contributed by atoms with Crippen molar-refractivity contribution < 1.29 is 19.4 Å². The van der Waals surface area contributed by atoms with Crippen LogP contribution in [0.2, 0.25) is 0 Å². The Kier molecular flexibility index (Phi) is 3.01. The van der Waals surface area contributed by atoms with E-state index in [-0.39, 0.29) is 35.0 Å². The minimum Gasteiger partial charge on any atom is -0.491 e. The van der Waals surface area contributed by atoms with Gasteiger partial charge in [-0.25, -0.2) is 4.79 Å². The number of aromatic nitrogens is 1. The molecule has 2 bridgehead atoms. The molecule has 1 aromatic heterocycles. The fraction of sp³-hybridized carbons (Fsp3) is 0.562. The zero-order valence-corrected chi connectivity index (χ0v) is 12.8. The Morgan fingerprint density at radius 1 is 1.26 bits per heavy atom. The number of carboxylic acids is 1. The predicted octanol–water partition coefficient (Wildman–Crippen LogP) is 0.952. The number of hydrogen-bond donors (Lipinski definition) is 1. The first-order valence-corrected chi connectivity index (χ1v) is 7.88. The molecular weight excluding hydrogens is 300 g/mol. The van der Waals surface area contributed by atoms with Crippen LogP contribution in [0, 0.1) is 5.92 Å². The average molecular weight is 318 g/mol. The number of rotatable bonds is 2. The molecule has 0 radical (unpaired) electrons. The van der Waals surface area contributed by atoms with Crippen LogP contribution in [0.25, 0.3) is 0 Å². The summed E-state index contributed by atoms with van der Waals surface area (Å²) in [5.74, 6) is -1.02. The second-order valence-corrected chi connectivity index (χ2v) is 6.65. The van der Waals surface area contributed by atoms with Crippen molar-refractivity contribution >= 4 is 11.9 Å². The van der Waals surface area contributed by atoms with Gasteiger partial charge < -0.3 is 19.3 Å². The molecule has 122 valence electrons. The van der Waals surface area contributed by atoms with Gasteiger partial charge in [0.25, 0.3) is 5.91 Å². The summed E-state index contributed by atoms with van der Waals surface area (Å²) in [6.07, 6.45) is 5.40. The number of piperidine rings is 1. The van der Waals surface area contributed by atoms with E-state index in [1.54, 1.807) is 4.57 Å². The van der Waals surface area contributed by atoms with Gasteiger partial charge in [0.1, 0.15) is 5.56 Å². The normalized spacial score (nSPS) is 28.3. The van der Waals surface area contributed by atoms with Crippen LogP contribution >= 0.6 is 0 Å². The van der Waals surface area contributed by atoms with E-state index in [1.165, 1.54) is 13.3 Å². The van der Waals surface area contributed by atoms with E-state index in [4.69, 9.17) is 4.74 Å². The van der Waals surface area contributed by atoms with E-state index in [9.17, 15) is 19.5 Å². The number of fused-ring (bicyclic) bond motifs is 5. The van der Waals surface area contributed by atoms with E-state index < -0.39 is 11.4 Å². The molecule has 2 aliphatic heterocycles. The maximum Gasteiger partial charge on any atom is 0.341 e. The molecule has 1 N–H and O–H groups in total. The molecule has 23 heavy (non-hydrogen) atoms. The molecule has 0 unspecified atom stereocenters. The van der Waals surface area contributed by atoms with Gasteiger partial charge in [0.2, 0.25) is 5.43 Å². The topological polar surface area (TPSA) is 88.8 Å². The summed E-state index contributed by atoms with van der Waals surface area (Å²) < 4.78 is 6.71. The lowest BCUT2D eigenvalue weighted by Gasteiger charge is -2.44. The highest BCUT2D eigenvalue weighted by atomic mass is 16.5. The summed E-state index contributed by atoms with van der Waals surface area (Å²) in [4.78, 5) is 38.5. The van der Waals surface area contributed by atoms with Crippen molar-refractivity contribution in [3.63, 3.8) is 0 Å². The number of carbonyl (C=O) groups excluding carboxylic acids is 1. The van der Waals surface area contributed by atoms with Crippen LogP contribution in [0.4, 0.5) is 0 Å². The number of hydrogen-bond acceptors (Lipinski definition) is 4. The second kappa shape index (κ2) is 4.84. The van der Waals surface area contributed by atoms with Crippen molar-refractivity contribution in [2.45, 2.75) is 44.3 Å². The molecule has 7 heteroatoms. The Labute approximate surface area is 132 Å². The molecule has 1 aliphatic carbocycles. The maximum absolute atomic E-state index is 13.0. The number of ether oxygens (including phenoxy) is 1. The van der Waals surface area contributed by atoms with Crippen LogP contribution in [-0.4, -0.2) is 45.6 Å². The van der Waals surface area contributed by atoms with E-state index in [0.29, 0.717) is 12.5 Å². The zero-order valence-electron chi connectivity index (χ0n) is 12.8. The van der Waals surface area contributed by atoms with Crippen molar-refractivity contribution in [3.8, 4) is 5.75 Å². The maximum atomic E-state index is 13.0. The lowest BCUT2D eigenvalue weighted by Crippen LogP contribution is -2.55. The summed E-state index contributed by atoms with van der Waals surface area (Å²) >= 11 is 0. The highest BCUT2D eigenvalue weighted by molar-refractivity contribution is 5.98. The number of carbonyl (C=O) groups is 2. The second-order valence-electron chi connectivity index (χ2n) is 6.65. The van der Waals surface area contributed by atoms with E-state index in [0.717, 1.165) is 25.7 Å². The Hall–Kier alpha value is -2.31. The van der Waals surface area contributed by atoms with E-state index in [2.05, 4.69) is 0 Å². The van der Waals surface area contributed by atoms with Crippen molar-refractivity contribution in [1.29, 1.82) is 0 Å². The standard InChI is InChI=1S/C16H18N2O5/c1-23-14-12-15(20)18-9-3-2-8(4-9)5-10(18)6-17(12)7-11(13(14)19)16(21)22/h7-10H,2-6H2,1H3,(H,21,22)/t8-,9+,10-/m0/s1. The molecule has 0 spiro atoms. The quantitative estimate of drug-likeness (QED) is 0.877. The predicted molar refractivity (Wildman–Crippen MR) is 79.9 cm³/mol. The molecule has 3 atom stereocenters. The average Bonchev–Trinajstić information content (AvgIpc) is 2.88. The molecule has 1 saturated heterocycles. The first-order chi connectivity index (χ1) is 11.0. The molecule has 0 aromatic carbocycles. The molecule has 2 fully saturated rings. The monoisotopic (exact) mass is 318 g/mol. The Morgan fingerprint density at radius 2 is 2.00 bits per heavy atom. The summed E-state index contributed by atoms with van der Waals surface area (Å²) in [5, 5.41) is 9.22. The number of aromatic carboxylic acids is 1. The van der Waals surface area contributed by atoms with E-state index in [1.807, 2.05) is 4.90 Å². The highest BCUT2D eigenvalue weighted by Gasteiger charge is 2.46. The molecule has 1 amide bonds. The first kappa shape index (κ1) is 14.3. The minimum absolute atomic E-state index is 0.0788. The van der Waals surface area contributed by atoms with Gasteiger partial charge in [-0.15, -0.1) is 0 Å². The number of pyridine rings is 1. The number of amides is 1. The third-order valence-corrected chi connectivity index (χ3v) is 5.42. The van der Waals surface area contributed by atoms with Gasteiger partial charge in [-0.1, -0.05) is 0 Å². The van der Waals surface area contributed by atoms with Crippen molar-refractivity contribution in [2.75, 3.05) is 7.11 Å². The summed E-state index contributed by atoms with van der Waals surface area (Å²) in [6, 6.07) is 0.314.